The van der Waals surface area contributed by atoms with E-state index in [0.29, 0.717) is 29.7 Å². The number of nitrogens with zero attached hydrogens (tertiary/aromatic N) is 4. The lowest BCUT2D eigenvalue weighted by atomic mass is 10.0. The molecular formula is C20H23FN6O2. The van der Waals surface area contributed by atoms with Gasteiger partial charge in [0, 0.05) is 6.07 Å². The number of pyridine rings is 1. The number of halogens is 1. The van der Waals surface area contributed by atoms with Crippen LogP contribution in [0.2, 0.25) is 0 Å². The maximum Gasteiger partial charge on any atom is 0.228 e. The molecule has 2 N–H and O–H groups in total. The normalized spacial score (nSPS) is 19.1. The van der Waals surface area contributed by atoms with Crippen LogP contribution in [0.5, 0.6) is 5.88 Å². The molecule has 9 heteroatoms. The van der Waals surface area contributed by atoms with Gasteiger partial charge in [-0.1, -0.05) is 0 Å². The predicted molar refractivity (Wildman–Crippen MR) is 105 cm³/mol. The van der Waals surface area contributed by atoms with E-state index in [0.717, 1.165) is 25.5 Å². The molecule has 4 rings (SSSR count). The topological polar surface area (TPSA) is 97.8 Å². The summed E-state index contributed by atoms with van der Waals surface area (Å²) in [5.74, 6) is 0.942. The van der Waals surface area contributed by atoms with Crippen LogP contribution in [0.4, 0.5) is 16.0 Å². The zero-order valence-electron chi connectivity index (χ0n) is 16.4. The van der Waals surface area contributed by atoms with Crippen molar-refractivity contribution in [2.45, 2.75) is 45.3 Å². The Kier molecular flexibility index (Phi) is 5.66. The number of ether oxygens (including phenoxy) is 2. The Bertz CT molecular complexity index is 962. The number of imidazole rings is 1. The summed E-state index contributed by atoms with van der Waals surface area (Å²) < 4.78 is 25.6. The van der Waals surface area contributed by atoms with Crippen LogP contribution in [0, 0.1) is 5.82 Å². The molecule has 0 radical (unpaired) electrons. The van der Waals surface area contributed by atoms with Gasteiger partial charge in [-0.25, -0.2) is 24.3 Å². The minimum Gasteiger partial charge on any atom is -0.478 e. The first-order chi connectivity index (χ1) is 14.1. The van der Waals surface area contributed by atoms with Crippen molar-refractivity contribution < 1.29 is 13.9 Å². The van der Waals surface area contributed by atoms with Gasteiger partial charge in [-0.05, 0) is 39.2 Å². The van der Waals surface area contributed by atoms with Gasteiger partial charge >= 0.3 is 0 Å². The van der Waals surface area contributed by atoms with E-state index in [1.54, 1.807) is 24.5 Å². The highest BCUT2D eigenvalue weighted by molar-refractivity contribution is 5.59. The Morgan fingerprint density at radius 3 is 2.86 bits per heavy atom. The summed E-state index contributed by atoms with van der Waals surface area (Å²) in [6.07, 6.45) is 7.40. The zero-order chi connectivity index (χ0) is 20.2. The number of hydrogen-bond donors (Lipinski definition) is 2. The summed E-state index contributed by atoms with van der Waals surface area (Å²) in [5, 5.41) is 3.02. The Morgan fingerprint density at radius 1 is 1.21 bits per heavy atom. The molecule has 0 amide bonds. The second kappa shape index (κ2) is 8.52. The standard InChI is InChI=1S/C20H23FN6O2/c1-3-28-17-8-7-13(9-22-17)25-20-24-10-14(21)18(27-20)15-11-23-19(26-15)16-6-4-5-12(2)29-16/h7-12,16H,3-6H2,1-2H3,(H,23,26)(H,24,25,27). The Labute approximate surface area is 167 Å². The molecule has 1 saturated heterocycles. The van der Waals surface area contributed by atoms with Crippen LogP contribution in [-0.4, -0.2) is 37.6 Å². The summed E-state index contributed by atoms with van der Waals surface area (Å²) >= 11 is 0. The van der Waals surface area contributed by atoms with Crippen LogP contribution in [0.25, 0.3) is 11.4 Å². The molecular weight excluding hydrogens is 375 g/mol. The number of nitrogens with one attached hydrogen (secondary N) is 2. The van der Waals surface area contributed by atoms with Crippen LogP contribution in [0.3, 0.4) is 0 Å². The fraction of sp³-hybridized carbons (Fsp3) is 0.400. The van der Waals surface area contributed by atoms with Crippen molar-refractivity contribution in [2.75, 3.05) is 11.9 Å². The molecule has 0 aliphatic carbocycles. The molecule has 0 aromatic carbocycles. The van der Waals surface area contributed by atoms with Crippen LogP contribution in [0.15, 0.2) is 30.7 Å². The minimum atomic E-state index is -0.534. The number of aromatic nitrogens is 5. The third-order valence-electron chi connectivity index (χ3n) is 4.66. The van der Waals surface area contributed by atoms with Crippen molar-refractivity contribution in [2.24, 2.45) is 0 Å². The van der Waals surface area contributed by atoms with Crippen molar-refractivity contribution in [1.82, 2.24) is 24.9 Å². The molecule has 2 unspecified atom stereocenters. The largest absolute Gasteiger partial charge is 0.478 e. The summed E-state index contributed by atoms with van der Waals surface area (Å²) in [6, 6.07) is 3.53. The average Bonchev–Trinajstić information content (AvgIpc) is 3.21. The maximum absolute atomic E-state index is 14.4. The van der Waals surface area contributed by atoms with Crippen LogP contribution in [0.1, 0.15) is 45.0 Å². The zero-order valence-corrected chi connectivity index (χ0v) is 16.4. The summed E-state index contributed by atoms with van der Waals surface area (Å²) in [6.45, 7) is 4.48. The van der Waals surface area contributed by atoms with Crippen molar-refractivity contribution in [3.05, 3.63) is 42.4 Å². The highest BCUT2D eigenvalue weighted by Crippen LogP contribution is 2.31. The number of H-pyrrole nitrogens is 1. The first-order valence-corrected chi connectivity index (χ1v) is 9.71. The number of anilines is 2. The van der Waals surface area contributed by atoms with Crippen molar-refractivity contribution in [1.29, 1.82) is 0 Å². The van der Waals surface area contributed by atoms with Gasteiger partial charge in [-0.2, -0.15) is 0 Å². The highest BCUT2D eigenvalue weighted by Gasteiger charge is 2.24. The molecule has 3 aromatic rings. The SMILES string of the molecule is CCOc1ccc(Nc2ncc(F)c(-c3cnc(C4CCCC(C)O4)[nH]3)n2)cn1. The van der Waals surface area contributed by atoms with Gasteiger partial charge in [0.05, 0.1) is 42.7 Å². The smallest absolute Gasteiger partial charge is 0.228 e. The Morgan fingerprint density at radius 2 is 2.10 bits per heavy atom. The molecule has 4 heterocycles. The number of aromatic amines is 1. The predicted octanol–water partition coefficient (Wildman–Crippen LogP) is 4.17. The van der Waals surface area contributed by atoms with Gasteiger partial charge in [0.1, 0.15) is 17.6 Å². The van der Waals surface area contributed by atoms with E-state index in [2.05, 4.69) is 30.2 Å². The molecule has 1 fully saturated rings. The summed E-state index contributed by atoms with van der Waals surface area (Å²) in [4.78, 5) is 20.0. The molecule has 8 nitrogen and oxygen atoms in total. The van der Waals surface area contributed by atoms with Gasteiger partial charge in [-0.15, -0.1) is 0 Å². The Balaban J connectivity index is 1.52. The third kappa shape index (κ3) is 4.51. The monoisotopic (exact) mass is 398 g/mol. The minimum absolute atomic E-state index is 0.107. The molecule has 152 valence electrons. The third-order valence-corrected chi connectivity index (χ3v) is 4.66. The average molecular weight is 398 g/mol. The Hall–Kier alpha value is -3.07. The molecule has 2 atom stereocenters. The van der Waals surface area contributed by atoms with Crippen molar-refractivity contribution in [3.8, 4) is 17.3 Å². The lowest BCUT2D eigenvalue weighted by Crippen LogP contribution is -2.20. The summed E-state index contributed by atoms with van der Waals surface area (Å²) in [7, 11) is 0. The van der Waals surface area contributed by atoms with Gasteiger partial charge < -0.3 is 19.8 Å². The van der Waals surface area contributed by atoms with E-state index in [9.17, 15) is 4.39 Å². The molecule has 0 bridgehead atoms. The van der Waals surface area contributed by atoms with E-state index in [4.69, 9.17) is 9.47 Å². The van der Waals surface area contributed by atoms with E-state index >= 15 is 0 Å². The molecule has 1 aliphatic heterocycles. The van der Waals surface area contributed by atoms with Crippen LogP contribution >= 0.6 is 0 Å². The van der Waals surface area contributed by atoms with Crippen LogP contribution < -0.4 is 10.1 Å². The van der Waals surface area contributed by atoms with E-state index < -0.39 is 5.82 Å². The van der Waals surface area contributed by atoms with E-state index in [-0.39, 0.29) is 23.9 Å². The maximum atomic E-state index is 14.4. The van der Waals surface area contributed by atoms with E-state index in [1.165, 1.54) is 0 Å². The quantitative estimate of drug-likeness (QED) is 0.643. The molecule has 3 aromatic heterocycles. The second-order valence-corrected chi connectivity index (χ2v) is 6.88. The summed E-state index contributed by atoms with van der Waals surface area (Å²) in [5.41, 5.74) is 1.29. The highest BCUT2D eigenvalue weighted by atomic mass is 19.1. The van der Waals surface area contributed by atoms with Crippen molar-refractivity contribution in [3.63, 3.8) is 0 Å². The lowest BCUT2D eigenvalue weighted by Gasteiger charge is -2.26. The molecule has 29 heavy (non-hydrogen) atoms. The number of rotatable bonds is 6. The van der Waals surface area contributed by atoms with Gasteiger partial charge in [-0.3, -0.25) is 0 Å². The fourth-order valence-electron chi connectivity index (χ4n) is 3.26. The first-order valence-electron chi connectivity index (χ1n) is 9.71. The fourth-order valence-corrected chi connectivity index (χ4v) is 3.26. The second-order valence-electron chi connectivity index (χ2n) is 6.88. The number of hydrogen-bond acceptors (Lipinski definition) is 7. The lowest BCUT2D eigenvalue weighted by molar-refractivity contribution is -0.0454. The van der Waals surface area contributed by atoms with Crippen LogP contribution in [-0.2, 0) is 4.74 Å². The molecule has 1 aliphatic rings. The van der Waals surface area contributed by atoms with Gasteiger partial charge in [0.15, 0.2) is 5.82 Å². The van der Waals surface area contributed by atoms with E-state index in [1.807, 2.05) is 13.8 Å². The molecule has 0 saturated carbocycles. The van der Waals surface area contributed by atoms with Gasteiger partial charge in [0.2, 0.25) is 11.8 Å². The van der Waals surface area contributed by atoms with Gasteiger partial charge in [0.25, 0.3) is 0 Å². The van der Waals surface area contributed by atoms with Crippen molar-refractivity contribution >= 4 is 11.6 Å². The molecule has 0 spiro atoms. The first kappa shape index (κ1) is 19.3.